The summed E-state index contributed by atoms with van der Waals surface area (Å²) in [6.07, 6.45) is 10.4. The van der Waals surface area contributed by atoms with Crippen LogP contribution >= 0.6 is 0 Å². The molecule has 0 N–H and O–H groups in total. The van der Waals surface area contributed by atoms with E-state index in [0.717, 1.165) is 24.7 Å². The molecule has 0 amide bonds. The van der Waals surface area contributed by atoms with Crippen LogP contribution in [-0.2, 0) is 0 Å². The predicted molar refractivity (Wildman–Crippen MR) is 74.4 cm³/mol. The lowest BCUT2D eigenvalue weighted by Gasteiger charge is -2.12. The van der Waals surface area contributed by atoms with E-state index in [9.17, 15) is 0 Å². The molecule has 0 rings (SSSR count). The van der Waals surface area contributed by atoms with Crippen LogP contribution in [0.3, 0.4) is 0 Å². The van der Waals surface area contributed by atoms with E-state index in [1.54, 1.807) is 0 Å². The molecule has 0 nitrogen and oxygen atoms in total. The van der Waals surface area contributed by atoms with Crippen molar-refractivity contribution in [1.29, 1.82) is 0 Å². The van der Waals surface area contributed by atoms with Gasteiger partial charge in [-0.25, -0.2) is 0 Å². The second-order valence-corrected chi connectivity index (χ2v) is 5.31. The molecule has 0 spiro atoms. The number of rotatable bonds is 8. The summed E-state index contributed by atoms with van der Waals surface area (Å²) in [5, 5.41) is 0. The lowest BCUT2D eigenvalue weighted by molar-refractivity contribution is 0.428. The average Bonchev–Trinajstić information content (AvgIpc) is 2.26. The summed E-state index contributed by atoms with van der Waals surface area (Å²) < 4.78 is 0. The Hall–Kier alpha value is -0.440. The smallest absolute Gasteiger partial charge is 0.0117 e. The molecule has 0 aromatic heterocycles. The van der Waals surface area contributed by atoms with Crippen molar-refractivity contribution in [2.75, 3.05) is 0 Å². The Bertz CT molecular complexity index is 184. The summed E-state index contributed by atoms with van der Waals surface area (Å²) in [6, 6.07) is 0. The molecule has 0 atom stereocenters. The monoisotopic (exact) mass is 222 g/mol. The van der Waals surface area contributed by atoms with Crippen molar-refractivity contribution < 1.29 is 0 Å². The van der Waals surface area contributed by atoms with Gasteiger partial charge in [-0.2, -0.15) is 0 Å². The first-order valence-electron chi connectivity index (χ1n) is 7.16. The van der Waals surface area contributed by atoms with Crippen molar-refractivity contribution in [2.45, 2.75) is 79.1 Å². The molecule has 0 saturated carbocycles. The molecule has 0 aromatic rings. The quantitative estimate of drug-likeness (QED) is 0.481. The Morgan fingerprint density at radius 3 is 1.75 bits per heavy atom. The van der Waals surface area contributed by atoms with E-state index in [2.05, 4.69) is 39.5 Å². The van der Waals surface area contributed by atoms with E-state index in [0.29, 0.717) is 0 Å². The zero-order valence-corrected chi connectivity index (χ0v) is 11.8. The Balaban J connectivity index is 3.82. The van der Waals surface area contributed by atoms with Crippen molar-refractivity contribution in [3.8, 4) is 11.8 Å². The second kappa shape index (κ2) is 11.1. The first-order valence-corrected chi connectivity index (χ1v) is 7.16. The van der Waals surface area contributed by atoms with Gasteiger partial charge in [-0.3, -0.25) is 0 Å². The predicted octanol–water partition coefficient (Wildman–Crippen LogP) is 5.42. The maximum absolute atomic E-state index is 3.38. The van der Waals surface area contributed by atoms with Gasteiger partial charge in [0.25, 0.3) is 0 Å². The van der Waals surface area contributed by atoms with E-state index in [4.69, 9.17) is 0 Å². The zero-order chi connectivity index (χ0) is 12.2. The summed E-state index contributed by atoms with van der Waals surface area (Å²) in [6.45, 7) is 9.03. The molecule has 0 aliphatic carbocycles. The first kappa shape index (κ1) is 15.6. The van der Waals surface area contributed by atoms with E-state index in [1.807, 2.05) is 0 Å². The molecule has 0 aliphatic heterocycles. The van der Waals surface area contributed by atoms with Crippen LogP contribution in [0.5, 0.6) is 0 Å². The highest BCUT2D eigenvalue weighted by Gasteiger charge is 2.05. The minimum absolute atomic E-state index is 0.720. The molecule has 0 heteroatoms. The van der Waals surface area contributed by atoms with Crippen LogP contribution in [0.2, 0.25) is 0 Å². The van der Waals surface area contributed by atoms with Crippen molar-refractivity contribution in [3.63, 3.8) is 0 Å². The fourth-order valence-corrected chi connectivity index (χ4v) is 1.83. The van der Waals surface area contributed by atoms with Crippen LogP contribution in [0.15, 0.2) is 0 Å². The first-order chi connectivity index (χ1) is 7.70. The van der Waals surface area contributed by atoms with Gasteiger partial charge in [0.2, 0.25) is 0 Å². The topological polar surface area (TPSA) is 0 Å². The van der Waals surface area contributed by atoms with E-state index >= 15 is 0 Å². The van der Waals surface area contributed by atoms with Gasteiger partial charge in [-0.1, -0.05) is 53.4 Å². The van der Waals surface area contributed by atoms with Crippen LogP contribution in [0.4, 0.5) is 0 Å². The lowest BCUT2D eigenvalue weighted by atomic mass is 9.93. The van der Waals surface area contributed by atoms with Gasteiger partial charge in [0, 0.05) is 12.8 Å². The SMILES string of the molecule is CCCCC(CC#CCC(C)C)CCCC. The molecular formula is C16H30. The van der Waals surface area contributed by atoms with Gasteiger partial charge in [-0.05, 0) is 24.7 Å². The number of hydrogen-bond donors (Lipinski definition) is 0. The van der Waals surface area contributed by atoms with E-state index in [1.165, 1.54) is 38.5 Å². The van der Waals surface area contributed by atoms with E-state index < -0.39 is 0 Å². The summed E-state index contributed by atoms with van der Waals surface area (Å²) in [5.74, 6) is 8.28. The average molecular weight is 222 g/mol. The highest BCUT2D eigenvalue weighted by molar-refractivity contribution is 5.00. The largest absolute Gasteiger partial charge is 0.103 e. The molecule has 0 radical (unpaired) electrons. The van der Waals surface area contributed by atoms with Crippen LogP contribution in [0, 0.1) is 23.7 Å². The minimum atomic E-state index is 0.720. The summed E-state index contributed by atoms with van der Waals surface area (Å²) in [5.41, 5.74) is 0. The van der Waals surface area contributed by atoms with Gasteiger partial charge in [0.15, 0.2) is 0 Å². The van der Waals surface area contributed by atoms with Crippen LogP contribution in [0.1, 0.15) is 79.1 Å². The standard InChI is InChI=1S/C16H30/c1-5-7-12-16(13-8-6-2)14-10-9-11-15(3)4/h15-16H,5-8,11-14H2,1-4H3. The normalized spacial score (nSPS) is 10.6. The highest BCUT2D eigenvalue weighted by atomic mass is 14.1. The molecule has 94 valence electrons. The Morgan fingerprint density at radius 2 is 1.31 bits per heavy atom. The van der Waals surface area contributed by atoms with Crippen molar-refractivity contribution in [2.24, 2.45) is 11.8 Å². The summed E-state index contributed by atoms with van der Waals surface area (Å²) in [4.78, 5) is 0. The van der Waals surface area contributed by atoms with Gasteiger partial charge >= 0.3 is 0 Å². The third-order valence-corrected chi connectivity index (χ3v) is 2.96. The molecule has 0 saturated heterocycles. The zero-order valence-electron chi connectivity index (χ0n) is 11.8. The maximum Gasteiger partial charge on any atom is 0.0117 e. The molecule has 0 aliphatic rings. The third-order valence-electron chi connectivity index (χ3n) is 2.96. The van der Waals surface area contributed by atoms with Gasteiger partial charge in [0.1, 0.15) is 0 Å². The Kier molecular flexibility index (Phi) is 10.8. The molecule has 0 aromatic carbocycles. The maximum atomic E-state index is 3.38. The third kappa shape index (κ3) is 10.1. The lowest BCUT2D eigenvalue weighted by Crippen LogP contribution is -1.99. The number of hydrogen-bond acceptors (Lipinski definition) is 0. The van der Waals surface area contributed by atoms with E-state index in [-0.39, 0.29) is 0 Å². The highest BCUT2D eigenvalue weighted by Crippen LogP contribution is 2.19. The molecule has 0 heterocycles. The fraction of sp³-hybridized carbons (Fsp3) is 0.875. The van der Waals surface area contributed by atoms with Crippen LogP contribution in [0.25, 0.3) is 0 Å². The minimum Gasteiger partial charge on any atom is -0.103 e. The van der Waals surface area contributed by atoms with Crippen molar-refractivity contribution in [1.82, 2.24) is 0 Å². The second-order valence-electron chi connectivity index (χ2n) is 5.31. The van der Waals surface area contributed by atoms with Gasteiger partial charge in [0.05, 0.1) is 0 Å². The molecule has 0 fully saturated rings. The molecule has 16 heavy (non-hydrogen) atoms. The summed E-state index contributed by atoms with van der Waals surface area (Å²) in [7, 11) is 0. The Labute approximate surface area is 103 Å². The summed E-state index contributed by atoms with van der Waals surface area (Å²) >= 11 is 0. The molecule has 0 bridgehead atoms. The fourth-order valence-electron chi connectivity index (χ4n) is 1.83. The van der Waals surface area contributed by atoms with Gasteiger partial charge in [-0.15, -0.1) is 11.8 Å². The van der Waals surface area contributed by atoms with Gasteiger partial charge < -0.3 is 0 Å². The molecular weight excluding hydrogens is 192 g/mol. The number of unbranched alkanes of at least 4 members (excludes halogenated alkanes) is 2. The molecule has 0 unspecified atom stereocenters. The van der Waals surface area contributed by atoms with Crippen molar-refractivity contribution in [3.05, 3.63) is 0 Å². The Morgan fingerprint density at radius 1 is 0.812 bits per heavy atom. The van der Waals surface area contributed by atoms with Crippen LogP contribution in [-0.4, -0.2) is 0 Å². The van der Waals surface area contributed by atoms with Crippen LogP contribution < -0.4 is 0 Å². The van der Waals surface area contributed by atoms with Crippen molar-refractivity contribution >= 4 is 0 Å².